The fourth-order valence-electron chi connectivity index (χ4n) is 1.39. The minimum Gasteiger partial charge on any atom is -0.482 e. The Morgan fingerprint density at radius 1 is 1.30 bits per heavy atom. The molecule has 0 unspecified atom stereocenters. The van der Waals surface area contributed by atoms with Crippen molar-refractivity contribution >= 4 is 42.9 Å². The molecule has 0 saturated heterocycles. The monoisotopic (exact) mass is 355 g/mol. The molecule has 1 heterocycles. The molecule has 20 heavy (non-hydrogen) atoms. The first-order valence-corrected chi connectivity index (χ1v) is 8.25. The molecule has 0 aliphatic carbocycles. The van der Waals surface area contributed by atoms with E-state index in [2.05, 4.69) is 10.2 Å². The van der Waals surface area contributed by atoms with Gasteiger partial charge in [-0.3, -0.25) is 0 Å². The van der Waals surface area contributed by atoms with E-state index in [0.717, 1.165) is 0 Å². The lowest BCUT2D eigenvalue weighted by molar-refractivity contribution is 0.291. The molecule has 0 N–H and O–H groups in total. The first-order valence-electron chi connectivity index (χ1n) is 5.18. The van der Waals surface area contributed by atoms with Crippen molar-refractivity contribution in [2.24, 2.45) is 7.05 Å². The molecular weight excluding hydrogens is 349 g/mol. The molecule has 0 spiro atoms. The third kappa shape index (κ3) is 3.35. The largest absolute Gasteiger partial charge is 0.482 e. The third-order valence-corrected chi connectivity index (χ3v) is 4.30. The zero-order valence-electron chi connectivity index (χ0n) is 10.0. The average molecular weight is 357 g/mol. The maximum atomic E-state index is 11.2. The first-order chi connectivity index (χ1) is 9.29. The molecule has 0 atom stereocenters. The van der Waals surface area contributed by atoms with Crippen LogP contribution in [-0.2, 0) is 22.7 Å². The van der Waals surface area contributed by atoms with Crippen LogP contribution in [0, 0.1) is 0 Å². The normalized spacial score (nSPS) is 11.6. The maximum Gasteiger partial charge on any atom is 0.261 e. The molecule has 2 aromatic rings. The summed E-state index contributed by atoms with van der Waals surface area (Å²) in [5.41, 5.74) is 0. The minimum absolute atomic E-state index is 0.0406. The number of rotatable bonds is 4. The molecular formula is C10H8Cl3N3O3S. The van der Waals surface area contributed by atoms with Crippen molar-refractivity contribution in [3.63, 3.8) is 0 Å². The van der Waals surface area contributed by atoms with Crippen LogP contribution in [0.3, 0.4) is 0 Å². The fourth-order valence-corrected chi connectivity index (χ4v) is 2.90. The van der Waals surface area contributed by atoms with E-state index in [9.17, 15) is 8.42 Å². The number of halogens is 3. The second kappa shape index (κ2) is 5.77. The topological polar surface area (TPSA) is 74.1 Å². The Balaban J connectivity index is 2.27. The summed E-state index contributed by atoms with van der Waals surface area (Å²) < 4.78 is 29.5. The van der Waals surface area contributed by atoms with E-state index < -0.39 is 9.05 Å². The van der Waals surface area contributed by atoms with Crippen LogP contribution in [0.5, 0.6) is 5.75 Å². The summed E-state index contributed by atoms with van der Waals surface area (Å²) in [5.74, 6) is 0.714. The van der Waals surface area contributed by atoms with Crippen LogP contribution in [0.2, 0.25) is 10.0 Å². The number of aromatic nitrogens is 3. The standard InChI is InChI=1S/C10H8Cl3N3O3S/c1-16-5-14-15-9(16)4-19-10-7(11)2-6(3-8(10)12)20(13,17)18/h2-3,5H,4H2,1H3. The molecule has 2 rings (SSSR count). The van der Waals surface area contributed by atoms with E-state index in [1.54, 1.807) is 11.6 Å². The zero-order chi connectivity index (χ0) is 14.9. The van der Waals surface area contributed by atoms with Gasteiger partial charge in [-0.2, -0.15) is 0 Å². The molecule has 6 nitrogen and oxygen atoms in total. The van der Waals surface area contributed by atoms with E-state index in [1.165, 1.54) is 18.5 Å². The van der Waals surface area contributed by atoms with Crippen LogP contribution >= 0.6 is 33.9 Å². The molecule has 1 aromatic heterocycles. The summed E-state index contributed by atoms with van der Waals surface area (Å²) in [6.07, 6.45) is 1.52. The maximum absolute atomic E-state index is 11.2. The Kier molecular flexibility index (Phi) is 4.43. The van der Waals surface area contributed by atoms with E-state index in [-0.39, 0.29) is 27.3 Å². The summed E-state index contributed by atoms with van der Waals surface area (Å²) in [6.45, 7) is 0.0862. The Morgan fingerprint density at radius 2 is 1.90 bits per heavy atom. The predicted molar refractivity (Wildman–Crippen MR) is 74.8 cm³/mol. The fraction of sp³-hybridized carbons (Fsp3) is 0.200. The van der Waals surface area contributed by atoms with Gasteiger partial charge in [0.05, 0.1) is 14.9 Å². The predicted octanol–water partition coefficient (Wildman–Crippen LogP) is 2.63. The molecule has 0 fully saturated rings. The number of hydrogen-bond acceptors (Lipinski definition) is 5. The van der Waals surface area contributed by atoms with Gasteiger partial charge in [-0.1, -0.05) is 23.2 Å². The zero-order valence-corrected chi connectivity index (χ0v) is 13.1. The van der Waals surface area contributed by atoms with Gasteiger partial charge in [0, 0.05) is 17.7 Å². The van der Waals surface area contributed by atoms with Gasteiger partial charge in [-0.15, -0.1) is 10.2 Å². The summed E-state index contributed by atoms with van der Waals surface area (Å²) in [7, 11) is 3.07. The summed E-state index contributed by atoms with van der Waals surface area (Å²) in [5, 5.41) is 7.61. The van der Waals surface area contributed by atoms with Crippen molar-refractivity contribution < 1.29 is 13.2 Å². The van der Waals surface area contributed by atoms with Gasteiger partial charge in [-0.25, -0.2) is 8.42 Å². The minimum atomic E-state index is -3.91. The average Bonchev–Trinajstić information content (AvgIpc) is 2.72. The highest BCUT2D eigenvalue weighted by Crippen LogP contribution is 2.36. The summed E-state index contributed by atoms with van der Waals surface area (Å²) in [4.78, 5) is -0.194. The number of hydrogen-bond donors (Lipinski definition) is 0. The molecule has 10 heteroatoms. The van der Waals surface area contributed by atoms with Crippen molar-refractivity contribution in [2.75, 3.05) is 0 Å². The number of aryl methyl sites for hydroxylation is 1. The lowest BCUT2D eigenvalue weighted by Gasteiger charge is -2.10. The van der Waals surface area contributed by atoms with Crippen LogP contribution < -0.4 is 4.74 Å². The second-order valence-corrected chi connectivity index (χ2v) is 7.18. The van der Waals surface area contributed by atoms with Crippen LogP contribution in [-0.4, -0.2) is 23.2 Å². The molecule has 0 radical (unpaired) electrons. The van der Waals surface area contributed by atoms with Gasteiger partial charge < -0.3 is 9.30 Å². The van der Waals surface area contributed by atoms with Crippen molar-refractivity contribution in [3.8, 4) is 5.75 Å². The smallest absolute Gasteiger partial charge is 0.261 e. The van der Waals surface area contributed by atoms with Crippen LogP contribution in [0.4, 0.5) is 0 Å². The number of ether oxygens (including phenoxy) is 1. The summed E-state index contributed by atoms with van der Waals surface area (Å²) in [6, 6.07) is 2.34. The lowest BCUT2D eigenvalue weighted by atomic mass is 10.3. The molecule has 1 aromatic carbocycles. The lowest BCUT2D eigenvalue weighted by Crippen LogP contribution is -2.04. The van der Waals surface area contributed by atoms with E-state index in [1.807, 2.05) is 0 Å². The van der Waals surface area contributed by atoms with Gasteiger partial charge in [0.25, 0.3) is 9.05 Å². The quantitative estimate of drug-likeness (QED) is 0.787. The Bertz CT molecular complexity index is 722. The van der Waals surface area contributed by atoms with Crippen LogP contribution in [0.25, 0.3) is 0 Å². The van der Waals surface area contributed by atoms with E-state index in [0.29, 0.717) is 5.82 Å². The highest BCUT2D eigenvalue weighted by atomic mass is 35.7. The molecule has 0 aliphatic heterocycles. The third-order valence-electron chi connectivity index (χ3n) is 2.40. The molecule has 0 bridgehead atoms. The molecule has 0 saturated carbocycles. The van der Waals surface area contributed by atoms with Crippen molar-refractivity contribution in [2.45, 2.75) is 11.5 Å². The molecule has 108 valence electrons. The van der Waals surface area contributed by atoms with Crippen LogP contribution in [0.1, 0.15) is 5.82 Å². The SMILES string of the molecule is Cn1cnnc1COc1c(Cl)cc(S(=O)(=O)Cl)cc1Cl. The molecule has 0 aliphatic rings. The Hall–Kier alpha value is -1.02. The van der Waals surface area contributed by atoms with Gasteiger partial charge >= 0.3 is 0 Å². The number of benzene rings is 1. The van der Waals surface area contributed by atoms with Crippen molar-refractivity contribution in [1.82, 2.24) is 14.8 Å². The highest BCUT2D eigenvalue weighted by Gasteiger charge is 2.17. The Morgan fingerprint density at radius 3 is 2.35 bits per heavy atom. The van der Waals surface area contributed by atoms with Crippen LogP contribution in [0.15, 0.2) is 23.4 Å². The Labute approximate surface area is 129 Å². The first kappa shape index (κ1) is 15.4. The van der Waals surface area contributed by atoms with Gasteiger partial charge in [0.2, 0.25) is 0 Å². The van der Waals surface area contributed by atoms with Crippen molar-refractivity contribution in [3.05, 3.63) is 34.3 Å². The molecule has 0 amide bonds. The number of nitrogens with zero attached hydrogens (tertiary/aromatic N) is 3. The highest BCUT2D eigenvalue weighted by molar-refractivity contribution is 8.13. The van der Waals surface area contributed by atoms with Crippen molar-refractivity contribution in [1.29, 1.82) is 0 Å². The second-order valence-electron chi connectivity index (χ2n) is 3.80. The van der Waals surface area contributed by atoms with Gasteiger partial charge in [0.15, 0.2) is 11.6 Å². The van der Waals surface area contributed by atoms with E-state index in [4.69, 9.17) is 38.6 Å². The van der Waals surface area contributed by atoms with Gasteiger partial charge in [-0.05, 0) is 12.1 Å². The van der Waals surface area contributed by atoms with Gasteiger partial charge in [0.1, 0.15) is 12.9 Å². The summed E-state index contributed by atoms with van der Waals surface area (Å²) >= 11 is 11.9. The van der Waals surface area contributed by atoms with E-state index >= 15 is 0 Å².